The number of amides is 1. The van der Waals surface area contributed by atoms with E-state index in [1.165, 1.54) is 6.07 Å². The Kier molecular flexibility index (Phi) is 6.12. The molecule has 7 heteroatoms. The standard InChI is InChI=1S/C17H17BrFNO3S/c1-12-8-14(4-7-16(12)19)9-20-17(21)11-24(22,23)10-13-2-5-15(18)6-3-13/h2-8H,9-11H2,1H3,(H,20,21). The van der Waals surface area contributed by atoms with Gasteiger partial charge in [0.1, 0.15) is 11.6 Å². The molecule has 0 aliphatic heterocycles. The average molecular weight is 414 g/mol. The first kappa shape index (κ1) is 18.6. The summed E-state index contributed by atoms with van der Waals surface area (Å²) in [4.78, 5) is 11.9. The zero-order chi connectivity index (χ0) is 17.7. The smallest absolute Gasteiger partial charge is 0.235 e. The van der Waals surface area contributed by atoms with Gasteiger partial charge >= 0.3 is 0 Å². The summed E-state index contributed by atoms with van der Waals surface area (Å²) in [6.45, 7) is 1.79. The van der Waals surface area contributed by atoms with Crippen LogP contribution in [-0.2, 0) is 26.9 Å². The summed E-state index contributed by atoms with van der Waals surface area (Å²) in [6, 6.07) is 11.4. The highest BCUT2D eigenvalue weighted by Crippen LogP contribution is 2.13. The fourth-order valence-corrected chi connectivity index (χ4v) is 3.72. The highest BCUT2D eigenvalue weighted by molar-refractivity contribution is 9.10. The molecule has 0 saturated heterocycles. The zero-order valence-electron chi connectivity index (χ0n) is 13.1. The van der Waals surface area contributed by atoms with Crippen LogP contribution in [0.4, 0.5) is 4.39 Å². The van der Waals surface area contributed by atoms with Crippen molar-refractivity contribution in [3.63, 3.8) is 0 Å². The van der Waals surface area contributed by atoms with Crippen LogP contribution in [0.15, 0.2) is 46.9 Å². The van der Waals surface area contributed by atoms with Gasteiger partial charge in [-0.25, -0.2) is 12.8 Å². The van der Waals surface area contributed by atoms with Crippen molar-refractivity contribution in [1.82, 2.24) is 5.32 Å². The monoisotopic (exact) mass is 413 g/mol. The van der Waals surface area contributed by atoms with Crippen molar-refractivity contribution in [1.29, 1.82) is 0 Å². The van der Waals surface area contributed by atoms with Gasteiger partial charge in [-0.05, 0) is 41.8 Å². The molecule has 0 radical (unpaired) electrons. The normalized spacial score (nSPS) is 11.3. The Balaban J connectivity index is 1.90. The molecule has 0 aliphatic carbocycles. The molecule has 0 saturated carbocycles. The Morgan fingerprint density at radius 3 is 2.38 bits per heavy atom. The van der Waals surface area contributed by atoms with Gasteiger partial charge in [0.05, 0.1) is 5.75 Å². The number of carbonyl (C=O) groups is 1. The van der Waals surface area contributed by atoms with Crippen molar-refractivity contribution >= 4 is 31.7 Å². The van der Waals surface area contributed by atoms with Crippen molar-refractivity contribution in [2.45, 2.75) is 19.2 Å². The molecule has 0 fully saturated rings. The lowest BCUT2D eigenvalue weighted by molar-refractivity contribution is -0.118. The number of hydrogen-bond acceptors (Lipinski definition) is 3. The second kappa shape index (κ2) is 7.90. The summed E-state index contributed by atoms with van der Waals surface area (Å²) in [5, 5.41) is 2.55. The Morgan fingerprint density at radius 2 is 1.75 bits per heavy atom. The molecule has 4 nitrogen and oxygen atoms in total. The lowest BCUT2D eigenvalue weighted by Crippen LogP contribution is -2.30. The van der Waals surface area contributed by atoms with Crippen LogP contribution in [0, 0.1) is 12.7 Å². The largest absolute Gasteiger partial charge is 0.351 e. The molecule has 2 aromatic rings. The first-order valence-corrected chi connectivity index (χ1v) is 9.83. The number of carbonyl (C=O) groups excluding carboxylic acids is 1. The number of halogens is 2. The molecule has 0 aromatic heterocycles. The molecule has 0 unspecified atom stereocenters. The maximum absolute atomic E-state index is 13.2. The van der Waals surface area contributed by atoms with Gasteiger partial charge in [0.2, 0.25) is 5.91 Å². The molecule has 2 rings (SSSR count). The second-order valence-electron chi connectivity index (χ2n) is 5.52. The minimum Gasteiger partial charge on any atom is -0.351 e. The fourth-order valence-electron chi connectivity index (χ4n) is 2.15. The third kappa shape index (κ3) is 5.72. The number of rotatable bonds is 6. The van der Waals surface area contributed by atoms with Crippen LogP contribution in [0.3, 0.4) is 0 Å². The van der Waals surface area contributed by atoms with E-state index in [-0.39, 0.29) is 18.1 Å². The van der Waals surface area contributed by atoms with Crippen LogP contribution in [0.1, 0.15) is 16.7 Å². The van der Waals surface area contributed by atoms with Crippen LogP contribution in [0.2, 0.25) is 0 Å². The molecule has 0 spiro atoms. The van der Waals surface area contributed by atoms with E-state index in [1.807, 2.05) is 0 Å². The summed E-state index contributed by atoms with van der Waals surface area (Å²) < 4.78 is 38.2. The predicted molar refractivity (Wildman–Crippen MR) is 94.6 cm³/mol. The van der Waals surface area contributed by atoms with E-state index < -0.39 is 21.5 Å². The Hall–Kier alpha value is -1.73. The zero-order valence-corrected chi connectivity index (χ0v) is 15.5. The van der Waals surface area contributed by atoms with Gasteiger partial charge in [-0.1, -0.05) is 40.2 Å². The summed E-state index contributed by atoms with van der Waals surface area (Å²) in [6.07, 6.45) is 0. The molecule has 0 heterocycles. The Labute approximate surface area is 149 Å². The van der Waals surface area contributed by atoms with Crippen LogP contribution < -0.4 is 5.32 Å². The molecule has 0 atom stereocenters. The molecular formula is C17H17BrFNO3S. The molecule has 24 heavy (non-hydrogen) atoms. The molecule has 2 aromatic carbocycles. The van der Waals surface area contributed by atoms with Gasteiger partial charge in [0.15, 0.2) is 9.84 Å². The van der Waals surface area contributed by atoms with Gasteiger partial charge in [-0.3, -0.25) is 4.79 Å². The Morgan fingerprint density at radius 1 is 1.12 bits per heavy atom. The van der Waals surface area contributed by atoms with Crippen LogP contribution in [0.25, 0.3) is 0 Å². The molecule has 128 valence electrons. The van der Waals surface area contributed by atoms with Gasteiger partial charge in [-0.15, -0.1) is 0 Å². The van der Waals surface area contributed by atoms with Crippen molar-refractivity contribution in [3.8, 4) is 0 Å². The predicted octanol–water partition coefficient (Wildman–Crippen LogP) is 3.13. The molecule has 1 N–H and O–H groups in total. The fraction of sp³-hybridized carbons (Fsp3) is 0.235. The van der Waals surface area contributed by atoms with E-state index in [4.69, 9.17) is 0 Å². The van der Waals surface area contributed by atoms with Gasteiger partial charge in [-0.2, -0.15) is 0 Å². The lowest BCUT2D eigenvalue weighted by atomic mass is 10.1. The Bertz CT molecular complexity index is 835. The summed E-state index contributed by atoms with van der Waals surface area (Å²) in [5.74, 6) is -1.66. The van der Waals surface area contributed by atoms with Crippen molar-refractivity contribution in [3.05, 3.63) is 69.4 Å². The SMILES string of the molecule is Cc1cc(CNC(=O)CS(=O)(=O)Cc2ccc(Br)cc2)ccc1F. The maximum Gasteiger partial charge on any atom is 0.235 e. The third-order valence-corrected chi connectivity index (χ3v) is 5.37. The second-order valence-corrected chi connectivity index (χ2v) is 8.50. The maximum atomic E-state index is 13.2. The van der Waals surface area contributed by atoms with Gasteiger partial charge in [0.25, 0.3) is 0 Å². The van der Waals surface area contributed by atoms with E-state index in [0.717, 1.165) is 4.47 Å². The summed E-state index contributed by atoms with van der Waals surface area (Å²) in [5.41, 5.74) is 1.82. The number of nitrogens with one attached hydrogen (secondary N) is 1. The molecular weight excluding hydrogens is 397 g/mol. The summed E-state index contributed by atoms with van der Waals surface area (Å²) in [7, 11) is -3.55. The first-order chi connectivity index (χ1) is 11.2. The van der Waals surface area contributed by atoms with Crippen LogP contribution in [0.5, 0.6) is 0 Å². The lowest BCUT2D eigenvalue weighted by Gasteiger charge is -2.08. The number of hydrogen-bond donors (Lipinski definition) is 1. The third-order valence-electron chi connectivity index (χ3n) is 3.36. The van der Waals surface area contributed by atoms with Crippen LogP contribution in [-0.4, -0.2) is 20.1 Å². The van der Waals surface area contributed by atoms with Crippen molar-refractivity contribution < 1.29 is 17.6 Å². The van der Waals surface area contributed by atoms with Gasteiger partial charge in [0, 0.05) is 11.0 Å². The van der Waals surface area contributed by atoms with E-state index >= 15 is 0 Å². The van der Waals surface area contributed by atoms with E-state index in [1.54, 1.807) is 43.3 Å². The number of aryl methyl sites for hydroxylation is 1. The molecule has 0 bridgehead atoms. The highest BCUT2D eigenvalue weighted by atomic mass is 79.9. The van der Waals surface area contributed by atoms with Crippen molar-refractivity contribution in [2.75, 3.05) is 5.75 Å². The van der Waals surface area contributed by atoms with Crippen molar-refractivity contribution in [2.24, 2.45) is 0 Å². The number of benzene rings is 2. The average Bonchev–Trinajstić information content (AvgIpc) is 2.50. The number of sulfone groups is 1. The topological polar surface area (TPSA) is 63.2 Å². The minimum absolute atomic E-state index is 0.160. The first-order valence-electron chi connectivity index (χ1n) is 7.22. The summed E-state index contributed by atoms with van der Waals surface area (Å²) >= 11 is 3.28. The molecule has 1 amide bonds. The van der Waals surface area contributed by atoms with E-state index in [9.17, 15) is 17.6 Å². The van der Waals surface area contributed by atoms with E-state index in [2.05, 4.69) is 21.2 Å². The highest BCUT2D eigenvalue weighted by Gasteiger charge is 2.17. The van der Waals surface area contributed by atoms with E-state index in [0.29, 0.717) is 16.7 Å². The quantitative estimate of drug-likeness (QED) is 0.790. The molecule has 0 aliphatic rings. The van der Waals surface area contributed by atoms with Crippen LogP contribution >= 0.6 is 15.9 Å². The van der Waals surface area contributed by atoms with Gasteiger partial charge < -0.3 is 5.32 Å². The minimum atomic E-state index is -3.55.